The number of hydrogen-bond donors (Lipinski definition) is 1. The van der Waals surface area contributed by atoms with E-state index in [2.05, 4.69) is 4.84 Å². The molecule has 1 aliphatic rings. The van der Waals surface area contributed by atoms with Gasteiger partial charge in [-0.05, 0) is 42.0 Å². The van der Waals surface area contributed by atoms with Crippen molar-refractivity contribution in [2.75, 3.05) is 29.5 Å². The molecule has 11 heteroatoms. The van der Waals surface area contributed by atoms with Crippen LogP contribution in [0.4, 0.5) is 15.8 Å². The number of fused-ring (bicyclic) bond motifs is 1. The van der Waals surface area contributed by atoms with Crippen LogP contribution in [-0.4, -0.2) is 39.5 Å². The molecule has 0 bridgehead atoms. The third-order valence-electron chi connectivity index (χ3n) is 3.89. The van der Waals surface area contributed by atoms with Crippen LogP contribution in [0.1, 0.15) is 0 Å². The van der Waals surface area contributed by atoms with Crippen molar-refractivity contribution in [3.05, 3.63) is 59.3 Å². The Labute approximate surface area is 154 Å². The van der Waals surface area contributed by atoms with Crippen molar-refractivity contribution in [1.82, 2.24) is 5.59 Å². The van der Waals surface area contributed by atoms with Gasteiger partial charge in [0.2, 0.25) is 0 Å². The molecule has 0 aliphatic carbocycles. The van der Waals surface area contributed by atoms with Crippen LogP contribution in [0.2, 0.25) is 0 Å². The van der Waals surface area contributed by atoms with Crippen molar-refractivity contribution >= 4 is 27.3 Å². The largest absolute Gasteiger partial charge is 0.305 e. The molecule has 1 heterocycles. The van der Waals surface area contributed by atoms with E-state index in [9.17, 15) is 22.5 Å². The molecule has 2 aromatic rings. The summed E-state index contributed by atoms with van der Waals surface area (Å²) in [5.41, 5.74) is 2.59. The number of anilines is 2. The van der Waals surface area contributed by atoms with Gasteiger partial charge in [-0.3, -0.25) is 9.69 Å². The highest BCUT2D eigenvalue weighted by atomic mass is 32.2. The van der Waals surface area contributed by atoms with Crippen molar-refractivity contribution in [3.8, 4) is 0 Å². The molecule has 0 saturated carbocycles. The Morgan fingerprint density at radius 1 is 1.19 bits per heavy atom. The van der Waals surface area contributed by atoms with E-state index in [4.69, 9.17) is 0 Å². The molecule has 0 atom stereocenters. The second-order valence-electron chi connectivity index (χ2n) is 5.59. The number of carbonyl (C=O) groups is 1. The fourth-order valence-electron chi connectivity index (χ4n) is 2.68. The predicted molar refractivity (Wildman–Crippen MR) is 93.5 cm³/mol. The normalized spacial score (nSPS) is 13.4. The summed E-state index contributed by atoms with van der Waals surface area (Å²) in [6.07, 6.45) is 0. The predicted octanol–water partition coefficient (Wildman–Crippen LogP) is 1.17. The summed E-state index contributed by atoms with van der Waals surface area (Å²) >= 11 is 0. The van der Waals surface area contributed by atoms with E-state index in [1.807, 2.05) is 5.59 Å². The number of nitrogens with one attached hydrogen (secondary N) is 1. The summed E-state index contributed by atoms with van der Waals surface area (Å²) in [4.78, 5) is 29.7. The molecule has 0 saturated heterocycles. The highest BCUT2D eigenvalue weighted by molar-refractivity contribution is 7.92. The van der Waals surface area contributed by atoms with Crippen LogP contribution < -0.4 is 14.8 Å². The zero-order chi connectivity index (χ0) is 19.6. The Morgan fingerprint density at radius 2 is 1.81 bits per heavy atom. The maximum absolute atomic E-state index is 13.1. The Kier molecular flexibility index (Phi) is 5.06. The fourth-order valence-corrected chi connectivity index (χ4v) is 4.09. The quantitative estimate of drug-likeness (QED) is 0.582. The standard InChI is InChI=1S/C16H16FN4O5S/c1-26-18-21(23)10-16(22)19-11-20(15-5-3-2-4-14(15)19)27(24,25)13-8-6-12(17)7-9-13/h2-9H,10-11H2,1H3,(H,18,23)/q+1. The van der Waals surface area contributed by atoms with Crippen molar-refractivity contribution < 1.29 is 27.3 Å². The molecular formula is C16H16FN4O5S+. The van der Waals surface area contributed by atoms with Gasteiger partial charge in [-0.1, -0.05) is 12.1 Å². The maximum atomic E-state index is 13.1. The van der Waals surface area contributed by atoms with Gasteiger partial charge in [0.25, 0.3) is 10.0 Å². The topological polar surface area (TPSA) is 99.0 Å². The van der Waals surface area contributed by atoms with Crippen molar-refractivity contribution in [2.45, 2.75) is 4.90 Å². The molecule has 2 aromatic carbocycles. The summed E-state index contributed by atoms with van der Waals surface area (Å²) < 4.78 is 40.1. The number of nitrogens with zero attached hydrogens (tertiary/aromatic N) is 3. The molecule has 1 N–H and O–H groups in total. The van der Waals surface area contributed by atoms with Crippen LogP contribution >= 0.6 is 0 Å². The number of amides is 1. The van der Waals surface area contributed by atoms with Crippen LogP contribution in [0.15, 0.2) is 53.4 Å². The van der Waals surface area contributed by atoms with E-state index < -0.39 is 28.3 Å². The molecule has 0 radical (unpaired) electrons. The van der Waals surface area contributed by atoms with E-state index in [1.54, 1.807) is 24.3 Å². The molecule has 9 nitrogen and oxygen atoms in total. The molecule has 0 fully saturated rings. The van der Waals surface area contributed by atoms with Crippen molar-refractivity contribution in [1.29, 1.82) is 0 Å². The first-order valence-electron chi connectivity index (χ1n) is 7.75. The van der Waals surface area contributed by atoms with Gasteiger partial charge >= 0.3 is 12.5 Å². The number of para-hydroxylation sites is 2. The highest BCUT2D eigenvalue weighted by Crippen LogP contribution is 2.39. The van der Waals surface area contributed by atoms with Crippen LogP contribution in [0.5, 0.6) is 0 Å². The second-order valence-corrected chi connectivity index (χ2v) is 7.45. The second kappa shape index (κ2) is 7.29. The van der Waals surface area contributed by atoms with Crippen LogP contribution in [-0.2, 0) is 19.7 Å². The fraction of sp³-hybridized carbons (Fsp3) is 0.188. The number of sulfonamides is 1. The van der Waals surface area contributed by atoms with Gasteiger partial charge < -0.3 is 0 Å². The third-order valence-corrected chi connectivity index (χ3v) is 5.65. The molecule has 0 spiro atoms. The average molecular weight is 395 g/mol. The molecular weight excluding hydrogens is 379 g/mol. The minimum atomic E-state index is -4.03. The lowest BCUT2D eigenvalue weighted by Crippen LogP contribution is -2.43. The molecule has 142 valence electrons. The number of carbonyl (C=O) groups excluding carboxylic acids is 1. The lowest BCUT2D eigenvalue weighted by Gasteiger charge is -2.19. The number of benzene rings is 2. The van der Waals surface area contributed by atoms with Gasteiger partial charge in [-0.15, -0.1) is 0 Å². The summed E-state index contributed by atoms with van der Waals surface area (Å²) in [6, 6.07) is 10.8. The first-order valence-corrected chi connectivity index (χ1v) is 9.19. The van der Waals surface area contributed by atoms with Crippen LogP contribution in [0, 0.1) is 10.7 Å². The van der Waals surface area contributed by atoms with Gasteiger partial charge in [0, 0.05) is 0 Å². The lowest BCUT2D eigenvalue weighted by atomic mass is 10.2. The Balaban J connectivity index is 1.94. The van der Waals surface area contributed by atoms with Crippen molar-refractivity contribution in [3.63, 3.8) is 0 Å². The van der Waals surface area contributed by atoms with Gasteiger partial charge in [0.15, 0.2) is 4.87 Å². The Morgan fingerprint density at radius 3 is 2.44 bits per heavy atom. The first kappa shape index (κ1) is 18.7. The number of halogens is 1. The van der Waals surface area contributed by atoms with Crippen LogP contribution in [0.3, 0.4) is 0 Å². The zero-order valence-corrected chi connectivity index (χ0v) is 15.0. The first-order chi connectivity index (χ1) is 12.8. The lowest BCUT2D eigenvalue weighted by molar-refractivity contribution is -0.648. The van der Waals surface area contributed by atoms with Crippen molar-refractivity contribution in [2.24, 2.45) is 0 Å². The van der Waals surface area contributed by atoms with E-state index >= 15 is 0 Å². The molecule has 1 amide bonds. The van der Waals surface area contributed by atoms with E-state index in [1.165, 1.54) is 12.0 Å². The SMILES string of the molecule is CON[N+](=O)CC(=O)N1CN(S(=O)(=O)c2ccc(F)cc2)c2ccccc21. The van der Waals surface area contributed by atoms with Gasteiger partial charge in [-0.2, -0.15) is 0 Å². The number of hydrogen-bond acceptors (Lipinski definition) is 5. The van der Waals surface area contributed by atoms with E-state index in [0.29, 0.717) is 5.69 Å². The third kappa shape index (κ3) is 3.59. The molecule has 1 aliphatic heterocycles. The highest BCUT2D eigenvalue weighted by Gasteiger charge is 2.39. The number of rotatable bonds is 6. The molecule has 27 heavy (non-hydrogen) atoms. The summed E-state index contributed by atoms with van der Waals surface area (Å²) in [5, 5.41) is 0. The molecule has 3 rings (SSSR count). The van der Waals surface area contributed by atoms with Gasteiger partial charge in [0.1, 0.15) is 12.5 Å². The number of hydrazine groups is 1. The summed E-state index contributed by atoms with van der Waals surface area (Å²) in [7, 11) is -2.81. The van der Waals surface area contributed by atoms with E-state index in [0.717, 1.165) is 28.6 Å². The summed E-state index contributed by atoms with van der Waals surface area (Å²) in [6.45, 7) is -0.897. The monoisotopic (exact) mass is 395 g/mol. The van der Waals surface area contributed by atoms with E-state index in [-0.39, 0.29) is 22.1 Å². The minimum Gasteiger partial charge on any atom is -0.285 e. The van der Waals surface area contributed by atoms with Gasteiger partial charge in [0.05, 0.1) is 28.3 Å². The molecule has 0 aromatic heterocycles. The number of nitroso groups, excluding NO2 is 1. The summed E-state index contributed by atoms with van der Waals surface area (Å²) in [5.74, 6) is -1.19. The smallest absolute Gasteiger partial charge is 0.285 e. The Hall–Kier alpha value is -3.05. The zero-order valence-electron chi connectivity index (χ0n) is 14.2. The molecule has 0 unspecified atom stereocenters. The van der Waals surface area contributed by atoms with Crippen LogP contribution in [0.25, 0.3) is 0 Å². The minimum absolute atomic E-state index is 0.112. The maximum Gasteiger partial charge on any atom is 0.305 e. The average Bonchev–Trinajstić information content (AvgIpc) is 3.03. The Bertz CT molecular complexity index is 981. The van der Waals surface area contributed by atoms with Gasteiger partial charge in [-0.25, -0.2) is 22.0 Å².